The third-order valence-corrected chi connectivity index (χ3v) is 2.79. The second-order valence-electron chi connectivity index (χ2n) is 4.36. The number of nitrogens with zero attached hydrogens (tertiary/aromatic N) is 2. The maximum absolute atomic E-state index is 12.0. The molecule has 0 radical (unpaired) electrons. The van der Waals surface area contributed by atoms with Crippen molar-refractivity contribution < 1.29 is 13.5 Å². The van der Waals surface area contributed by atoms with Gasteiger partial charge in [-0.1, -0.05) is 12.1 Å². The lowest BCUT2D eigenvalue weighted by atomic mass is 10.1. The first-order chi connectivity index (χ1) is 9.69. The molecule has 0 saturated carbocycles. The average molecular weight is 318 g/mol. The molecule has 2 N–H and O–H groups in total. The van der Waals surface area contributed by atoms with Gasteiger partial charge in [-0.3, -0.25) is 4.68 Å². The summed E-state index contributed by atoms with van der Waals surface area (Å²) < 4.78 is 30.8. The number of hydrogen-bond acceptors (Lipinski definition) is 3. The van der Waals surface area contributed by atoms with E-state index in [1.165, 1.54) is 0 Å². The summed E-state index contributed by atoms with van der Waals surface area (Å²) in [5, 5.41) is 4.24. The minimum absolute atomic E-state index is 0. The molecule has 4 nitrogen and oxygen atoms in total. The van der Waals surface area contributed by atoms with E-state index in [2.05, 4.69) is 5.10 Å². The van der Waals surface area contributed by atoms with Gasteiger partial charge in [0.2, 0.25) is 0 Å². The highest BCUT2D eigenvalue weighted by atomic mass is 35.5. The van der Waals surface area contributed by atoms with Gasteiger partial charge in [-0.05, 0) is 30.7 Å². The van der Waals surface area contributed by atoms with E-state index in [-0.39, 0.29) is 12.4 Å². The normalized spacial score (nSPS) is 10.5. The van der Waals surface area contributed by atoms with Crippen molar-refractivity contribution in [3.05, 3.63) is 36.7 Å². The van der Waals surface area contributed by atoms with Gasteiger partial charge in [-0.15, -0.1) is 12.4 Å². The van der Waals surface area contributed by atoms with Crippen LogP contribution in [0.3, 0.4) is 0 Å². The van der Waals surface area contributed by atoms with Gasteiger partial charge in [-0.25, -0.2) is 8.78 Å². The first-order valence-electron chi connectivity index (χ1n) is 6.43. The molecule has 7 heteroatoms. The highest BCUT2D eigenvalue weighted by Crippen LogP contribution is 2.22. The van der Waals surface area contributed by atoms with Crippen molar-refractivity contribution in [3.8, 4) is 16.9 Å². The summed E-state index contributed by atoms with van der Waals surface area (Å²) in [6.45, 7) is 0.827. The minimum Gasteiger partial charge on any atom is -0.488 e. The second-order valence-corrected chi connectivity index (χ2v) is 4.36. The number of ether oxygens (including phenoxy) is 1. The molecule has 21 heavy (non-hydrogen) atoms. The molecule has 0 unspecified atom stereocenters. The number of aromatic nitrogens is 2. The van der Waals surface area contributed by atoms with Crippen LogP contribution in [0.2, 0.25) is 0 Å². The number of halogens is 3. The molecule has 0 aliphatic heterocycles. The van der Waals surface area contributed by atoms with Gasteiger partial charge in [0.15, 0.2) is 0 Å². The lowest BCUT2D eigenvalue weighted by molar-refractivity contribution is 0.0819. The Morgan fingerprint density at radius 3 is 2.52 bits per heavy atom. The maximum atomic E-state index is 12.0. The fourth-order valence-electron chi connectivity index (χ4n) is 1.79. The Bertz CT molecular complexity index is 531. The Hall–Kier alpha value is -1.66. The van der Waals surface area contributed by atoms with E-state index in [9.17, 15) is 8.78 Å². The molecule has 0 spiro atoms. The van der Waals surface area contributed by atoms with Crippen molar-refractivity contribution in [3.63, 3.8) is 0 Å². The van der Waals surface area contributed by atoms with Crippen LogP contribution in [0.25, 0.3) is 11.1 Å². The van der Waals surface area contributed by atoms with E-state index in [1.54, 1.807) is 18.3 Å². The zero-order valence-electron chi connectivity index (χ0n) is 11.4. The summed E-state index contributed by atoms with van der Waals surface area (Å²) >= 11 is 0. The number of benzene rings is 1. The van der Waals surface area contributed by atoms with Crippen LogP contribution in [0.1, 0.15) is 6.42 Å². The van der Waals surface area contributed by atoms with Crippen LogP contribution < -0.4 is 10.5 Å². The molecule has 2 aromatic rings. The average Bonchev–Trinajstić information content (AvgIpc) is 2.92. The number of rotatable bonds is 7. The van der Waals surface area contributed by atoms with E-state index >= 15 is 0 Å². The second kappa shape index (κ2) is 8.59. The fourth-order valence-corrected chi connectivity index (χ4v) is 1.79. The summed E-state index contributed by atoms with van der Waals surface area (Å²) in [5.74, 6) is 0.435. The van der Waals surface area contributed by atoms with Crippen molar-refractivity contribution in [1.82, 2.24) is 9.78 Å². The Kier molecular flexibility index (Phi) is 7.11. The monoisotopic (exact) mass is 317 g/mol. The van der Waals surface area contributed by atoms with E-state index in [1.807, 2.05) is 23.0 Å². The first kappa shape index (κ1) is 17.4. The lowest BCUT2D eigenvalue weighted by Crippen LogP contribution is -2.06. The van der Waals surface area contributed by atoms with Gasteiger partial charge in [0.05, 0.1) is 6.20 Å². The van der Waals surface area contributed by atoms with Gasteiger partial charge in [0, 0.05) is 18.3 Å². The third kappa shape index (κ3) is 5.32. The van der Waals surface area contributed by atoms with E-state index in [4.69, 9.17) is 10.5 Å². The Morgan fingerprint density at radius 1 is 1.19 bits per heavy atom. The molecule has 0 fully saturated rings. The molecule has 2 rings (SSSR count). The quantitative estimate of drug-likeness (QED) is 0.854. The van der Waals surface area contributed by atoms with Gasteiger partial charge >= 0.3 is 0 Å². The highest BCUT2D eigenvalue weighted by molar-refractivity contribution is 5.85. The molecule has 0 amide bonds. The summed E-state index contributed by atoms with van der Waals surface area (Å²) in [6, 6.07) is 7.00. The molecule has 1 aromatic carbocycles. The fraction of sp³-hybridized carbons (Fsp3) is 0.357. The first-order valence-corrected chi connectivity index (χ1v) is 6.43. The van der Waals surface area contributed by atoms with E-state index in [0.29, 0.717) is 12.3 Å². The largest absolute Gasteiger partial charge is 0.488 e. The molecular weight excluding hydrogens is 300 g/mol. The van der Waals surface area contributed by atoms with Crippen LogP contribution in [-0.2, 0) is 6.54 Å². The Labute approximate surface area is 128 Å². The van der Waals surface area contributed by atoms with Crippen LogP contribution in [0.4, 0.5) is 8.78 Å². The van der Waals surface area contributed by atoms with Crippen LogP contribution in [0.15, 0.2) is 36.7 Å². The molecular formula is C14H18ClF2N3O. The molecule has 1 aromatic heterocycles. The summed E-state index contributed by atoms with van der Waals surface area (Å²) in [6.07, 6.45) is 2.12. The minimum atomic E-state index is -2.46. The van der Waals surface area contributed by atoms with Crippen molar-refractivity contribution in [2.45, 2.75) is 19.4 Å². The molecule has 1 heterocycles. The van der Waals surface area contributed by atoms with Crippen molar-refractivity contribution in [2.75, 3.05) is 13.2 Å². The van der Waals surface area contributed by atoms with Crippen LogP contribution in [-0.4, -0.2) is 29.4 Å². The zero-order valence-corrected chi connectivity index (χ0v) is 12.2. The number of aryl methyl sites for hydroxylation is 1. The number of hydrogen-bond donors (Lipinski definition) is 1. The zero-order chi connectivity index (χ0) is 14.4. The van der Waals surface area contributed by atoms with Crippen LogP contribution in [0, 0.1) is 0 Å². The number of nitrogens with two attached hydrogens (primary N) is 1. The molecule has 0 aliphatic rings. The van der Waals surface area contributed by atoms with Gasteiger partial charge in [-0.2, -0.15) is 5.10 Å². The third-order valence-electron chi connectivity index (χ3n) is 2.79. The predicted molar refractivity (Wildman–Crippen MR) is 80.1 cm³/mol. The smallest absolute Gasteiger partial charge is 0.272 e. The summed E-state index contributed by atoms with van der Waals surface area (Å²) in [5.41, 5.74) is 7.39. The predicted octanol–water partition coefficient (Wildman–Crippen LogP) is 2.96. The molecule has 116 valence electrons. The Balaban J connectivity index is 0.00000220. The topological polar surface area (TPSA) is 53.1 Å². The van der Waals surface area contributed by atoms with Gasteiger partial charge in [0.1, 0.15) is 12.4 Å². The maximum Gasteiger partial charge on any atom is 0.272 e. The summed E-state index contributed by atoms with van der Waals surface area (Å²) in [4.78, 5) is 0. The lowest BCUT2D eigenvalue weighted by Gasteiger charge is -2.05. The van der Waals surface area contributed by atoms with Gasteiger partial charge < -0.3 is 10.5 Å². The molecule has 0 saturated heterocycles. The molecule has 0 bridgehead atoms. The van der Waals surface area contributed by atoms with E-state index in [0.717, 1.165) is 24.1 Å². The SMILES string of the molecule is Cl.NCCCn1cc(-c2ccc(OCC(F)F)cc2)cn1. The number of alkyl halides is 2. The highest BCUT2D eigenvalue weighted by Gasteiger charge is 2.05. The standard InChI is InChI=1S/C14H17F2N3O.ClH/c15-14(16)10-20-13-4-2-11(3-5-13)12-8-18-19(9-12)7-1-6-17;/h2-5,8-9,14H,1,6-7,10,17H2;1H. The van der Waals surface area contributed by atoms with Crippen LogP contribution >= 0.6 is 12.4 Å². The molecule has 0 atom stereocenters. The van der Waals surface area contributed by atoms with Gasteiger partial charge in [0.25, 0.3) is 6.43 Å². The summed E-state index contributed by atoms with van der Waals surface area (Å²) in [7, 11) is 0. The van der Waals surface area contributed by atoms with Crippen molar-refractivity contribution >= 4 is 12.4 Å². The van der Waals surface area contributed by atoms with Crippen molar-refractivity contribution in [2.24, 2.45) is 5.73 Å². The molecule has 0 aliphatic carbocycles. The Morgan fingerprint density at radius 2 is 1.90 bits per heavy atom. The van der Waals surface area contributed by atoms with E-state index < -0.39 is 13.0 Å². The van der Waals surface area contributed by atoms with Crippen LogP contribution in [0.5, 0.6) is 5.75 Å². The van der Waals surface area contributed by atoms with Crippen molar-refractivity contribution in [1.29, 1.82) is 0 Å².